The first-order valence-corrected chi connectivity index (χ1v) is 16.5. The largest absolute Gasteiger partial charge is 0.376 e. The number of aromatic nitrogens is 2. The molecule has 1 amide bonds. The van der Waals surface area contributed by atoms with Gasteiger partial charge in [-0.2, -0.15) is 0 Å². The Hall–Kier alpha value is -3.75. The summed E-state index contributed by atoms with van der Waals surface area (Å²) in [6, 6.07) is 28.9. The zero-order valence-electron chi connectivity index (χ0n) is 25.5. The van der Waals surface area contributed by atoms with Gasteiger partial charge in [-0.05, 0) is 118 Å². The number of imidazole rings is 1. The highest BCUT2D eigenvalue weighted by Gasteiger charge is 2.44. The van der Waals surface area contributed by atoms with E-state index in [9.17, 15) is 4.79 Å². The van der Waals surface area contributed by atoms with Gasteiger partial charge in [-0.15, -0.1) is 0 Å². The van der Waals surface area contributed by atoms with E-state index in [-0.39, 0.29) is 16.4 Å². The number of amides is 1. The zero-order chi connectivity index (χ0) is 30.3. The van der Waals surface area contributed by atoms with Gasteiger partial charge in [0.05, 0.1) is 11.0 Å². The van der Waals surface area contributed by atoms with E-state index < -0.39 is 0 Å². The second kappa shape index (κ2) is 12.0. The number of para-hydroxylation sites is 2. The zero-order valence-corrected chi connectivity index (χ0v) is 26.3. The van der Waals surface area contributed by atoms with Gasteiger partial charge in [-0.25, -0.2) is 4.98 Å². The normalized spacial score (nSPS) is 23.1. The number of hydrogen-bond donors (Lipinski definition) is 2. The number of thiocarbonyl (C=S) groups is 1. The molecule has 4 heterocycles. The lowest BCUT2D eigenvalue weighted by molar-refractivity contribution is 0.0607. The maximum absolute atomic E-state index is 13.5. The fraction of sp³-hybridized carbons (Fsp3) is 0.417. The molecule has 8 heteroatoms. The maximum Gasteiger partial charge on any atom is 0.253 e. The summed E-state index contributed by atoms with van der Waals surface area (Å²) in [5, 5.41) is 3.15. The van der Waals surface area contributed by atoms with E-state index in [1.165, 1.54) is 36.8 Å². The van der Waals surface area contributed by atoms with Crippen LogP contribution in [-0.2, 0) is 5.41 Å². The van der Waals surface area contributed by atoms with Crippen molar-refractivity contribution in [2.45, 2.75) is 75.4 Å². The molecule has 3 aromatic carbocycles. The Morgan fingerprint density at radius 1 is 0.932 bits per heavy atom. The summed E-state index contributed by atoms with van der Waals surface area (Å²) >= 11 is 4.93. The van der Waals surface area contributed by atoms with Crippen molar-refractivity contribution in [3.05, 3.63) is 95.8 Å². The molecule has 1 aromatic heterocycles. The summed E-state index contributed by atoms with van der Waals surface area (Å²) in [6.07, 6.45) is 8.07. The quantitative estimate of drug-likeness (QED) is 0.236. The van der Waals surface area contributed by atoms with Crippen LogP contribution in [0.3, 0.4) is 0 Å². The summed E-state index contributed by atoms with van der Waals surface area (Å²) in [7, 11) is 0. The molecule has 3 aliphatic heterocycles. The van der Waals surface area contributed by atoms with Crippen LogP contribution in [0, 0.1) is 6.92 Å². The lowest BCUT2D eigenvalue weighted by Gasteiger charge is -2.45. The fourth-order valence-electron chi connectivity index (χ4n) is 8.42. The van der Waals surface area contributed by atoms with Crippen molar-refractivity contribution in [3.8, 4) is 0 Å². The minimum atomic E-state index is 0.0794. The monoisotopic (exact) mass is 606 g/mol. The van der Waals surface area contributed by atoms with Gasteiger partial charge in [0.25, 0.3) is 5.91 Å². The van der Waals surface area contributed by atoms with Gasteiger partial charge in [0.15, 0.2) is 5.11 Å². The van der Waals surface area contributed by atoms with E-state index >= 15 is 0 Å². The van der Waals surface area contributed by atoms with Crippen molar-refractivity contribution in [2.24, 2.45) is 5.73 Å². The number of piperidine rings is 2. The van der Waals surface area contributed by atoms with Crippen molar-refractivity contribution >= 4 is 40.0 Å². The molecule has 7 nitrogen and oxygen atoms in total. The Morgan fingerprint density at radius 3 is 2.27 bits per heavy atom. The number of fused-ring (bicyclic) bond motifs is 3. The average molecular weight is 607 g/mol. The molecule has 3 aliphatic rings. The summed E-state index contributed by atoms with van der Waals surface area (Å²) in [5.41, 5.74) is 11.0. The predicted octanol–water partition coefficient (Wildman–Crippen LogP) is 6.43. The molecular formula is C36H42N6OS. The second-order valence-electron chi connectivity index (χ2n) is 13.0. The lowest BCUT2D eigenvalue weighted by Crippen LogP contribution is -2.49. The maximum atomic E-state index is 13.5. The van der Waals surface area contributed by atoms with Gasteiger partial charge >= 0.3 is 0 Å². The minimum Gasteiger partial charge on any atom is -0.376 e. The Kier molecular flexibility index (Phi) is 7.89. The Morgan fingerprint density at radius 2 is 1.59 bits per heavy atom. The first-order valence-electron chi connectivity index (χ1n) is 16.1. The molecule has 2 unspecified atom stereocenters. The Bertz CT molecular complexity index is 1630. The van der Waals surface area contributed by atoms with Crippen LogP contribution in [0.15, 0.2) is 78.9 Å². The topological polar surface area (TPSA) is 79.4 Å². The van der Waals surface area contributed by atoms with E-state index in [0.717, 1.165) is 55.9 Å². The number of carbonyl (C=O) groups is 1. The number of nitrogens with two attached hydrogens (primary N) is 1. The molecule has 2 bridgehead atoms. The third-order valence-electron chi connectivity index (χ3n) is 10.6. The van der Waals surface area contributed by atoms with Crippen LogP contribution in [0.4, 0.5) is 5.69 Å². The SMILES string of the molecule is Cc1nc2ccccc2n1C1CC2CCC(C1)N2CCC1(c2ccccc2)CCN(C(=O)c2ccc(NC(N)=S)cc2)CC1. The minimum absolute atomic E-state index is 0.0794. The summed E-state index contributed by atoms with van der Waals surface area (Å²) in [4.78, 5) is 23.2. The van der Waals surface area contributed by atoms with Crippen molar-refractivity contribution in [1.82, 2.24) is 19.4 Å². The summed E-state index contributed by atoms with van der Waals surface area (Å²) < 4.78 is 2.52. The van der Waals surface area contributed by atoms with Crippen LogP contribution < -0.4 is 11.1 Å². The Balaban J connectivity index is 1.04. The highest BCUT2D eigenvalue weighted by Crippen LogP contribution is 2.45. The number of likely N-dealkylation sites (tertiary alicyclic amines) is 1. The van der Waals surface area contributed by atoms with E-state index in [0.29, 0.717) is 23.7 Å². The molecule has 0 radical (unpaired) electrons. The predicted molar refractivity (Wildman–Crippen MR) is 181 cm³/mol. The van der Waals surface area contributed by atoms with Crippen LogP contribution in [-0.4, -0.2) is 62.1 Å². The first-order chi connectivity index (χ1) is 21.4. The number of nitrogens with one attached hydrogen (secondary N) is 1. The van der Waals surface area contributed by atoms with Crippen LogP contribution >= 0.6 is 12.2 Å². The van der Waals surface area contributed by atoms with Crippen LogP contribution in [0.2, 0.25) is 0 Å². The third-order valence-corrected chi connectivity index (χ3v) is 10.7. The molecule has 7 rings (SSSR count). The molecule has 4 aromatic rings. The molecule has 3 fully saturated rings. The van der Waals surface area contributed by atoms with E-state index in [1.807, 2.05) is 29.2 Å². The molecular weight excluding hydrogens is 565 g/mol. The van der Waals surface area contributed by atoms with Gasteiger partial charge in [0.2, 0.25) is 0 Å². The van der Waals surface area contributed by atoms with Crippen LogP contribution in [0.1, 0.15) is 72.7 Å². The summed E-state index contributed by atoms with van der Waals surface area (Å²) in [6.45, 7) is 4.82. The molecule has 0 saturated carbocycles. The highest BCUT2D eigenvalue weighted by atomic mass is 32.1. The number of rotatable bonds is 7. The number of hydrogen-bond acceptors (Lipinski definition) is 4. The molecule has 0 spiro atoms. The smallest absolute Gasteiger partial charge is 0.253 e. The second-order valence-corrected chi connectivity index (χ2v) is 13.5. The van der Waals surface area contributed by atoms with Crippen molar-refractivity contribution < 1.29 is 4.79 Å². The van der Waals surface area contributed by atoms with Gasteiger partial charge < -0.3 is 20.5 Å². The number of benzene rings is 3. The summed E-state index contributed by atoms with van der Waals surface area (Å²) in [5.74, 6) is 1.23. The van der Waals surface area contributed by atoms with Crippen molar-refractivity contribution in [1.29, 1.82) is 0 Å². The standard InChI is InChI=1S/C36H42N6OS/c1-25-38-32-9-5-6-10-33(32)42(25)31-23-29-15-16-30(24-31)41(29)22-19-36(27-7-3-2-4-8-27)17-20-40(21-18-36)34(43)26-11-13-28(14-12-26)39-35(37)44/h2-14,29-31H,15-24H2,1H3,(H3,37,39,44). The first kappa shape index (κ1) is 29.0. The van der Waals surface area contributed by atoms with E-state index in [4.69, 9.17) is 22.9 Å². The van der Waals surface area contributed by atoms with E-state index in [1.54, 1.807) is 0 Å². The Labute approximate surface area is 265 Å². The average Bonchev–Trinajstić information content (AvgIpc) is 3.50. The van der Waals surface area contributed by atoms with E-state index in [2.05, 4.69) is 76.3 Å². The van der Waals surface area contributed by atoms with Crippen LogP contribution in [0.25, 0.3) is 11.0 Å². The third kappa shape index (κ3) is 5.50. The molecule has 0 aliphatic carbocycles. The molecule has 44 heavy (non-hydrogen) atoms. The lowest BCUT2D eigenvalue weighted by atomic mass is 9.70. The number of carbonyl (C=O) groups excluding carboxylic acids is 1. The molecule has 3 saturated heterocycles. The fourth-order valence-corrected chi connectivity index (χ4v) is 8.54. The molecule has 228 valence electrons. The van der Waals surface area contributed by atoms with Gasteiger partial charge in [0.1, 0.15) is 5.82 Å². The van der Waals surface area contributed by atoms with Crippen molar-refractivity contribution in [2.75, 3.05) is 25.0 Å². The number of aryl methyl sites for hydroxylation is 1. The van der Waals surface area contributed by atoms with Gasteiger partial charge in [-0.1, -0.05) is 42.5 Å². The molecule has 3 N–H and O–H groups in total. The molecule has 2 atom stereocenters. The van der Waals surface area contributed by atoms with Gasteiger partial charge in [0, 0.05) is 42.5 Å². The van der Waals surface area contributed by atoms with Crippen LogP contribution in [0.5, 0.6) is 0 Å². The highest BCUT2D eigenvalue weighted by molar-refractivity contribution is 7.80. The van der Waals surface area contributed by atoms with Crippen molar-refractivity contribution in [3.63, 3.8) is 0 Å². The van der Waals surface area contributed by atoms with Gasteiger partial charge in [-0.3, -0.25) is 9.69 Å². The number of anilines is 1. The number of nitrogens with zero attached hydrogens (tertiary/aromatic N) is 4.